The van der Waals surface area contributed by atoms with Crippen LogP contribution in [-0.4, -0.2) is 38.4 Å². The first-order valence-electron chi connectivity index (χ1n) is 16.4. The molecule has 0 aliphatic carbocycles. The molecule has 51 heavy (non-hydrogen) atoms. The molecule has 1 aliphatic heterocycles. The molecule has 0 saturated heterocycles. The smallest absolute Gasteiger partial charge is 0.271 e. The van der Waals surface area contributed by atoms with E-state index >= 15 is 0 Å². The number of allylic oxidation sites excluding steroid dienone is 1. The first-order chi connectivity index (χ1) is 24.7. The summed E-state index contributed by atoms with van der Waals surface area (Å²) in [6, 6.07) is 25.2. The Morgan fingerprint density at radius 2 is 1.63 bits per heavy atom. The molecule has 10 nitrogen and oxygen atoms in total. The molecule has 0 spiro atoms. The maximum atomic E-state index is 14.3. The van der Waals surface area contributed by atoms with E-state index in [0.717, 1.165) is 22.3 Å². The fourth-order valence-electron chi connectivity index (χ4n) is 5.96. The minimum absolute atomic E-state index is 0.224. The number of para-hydroxylation sites is 1. The monoisotopic (exact) mass is 705 g/mol. The Kier molecular flexibility index (Phi) is 10.6. The van der Waals surface area contributed by atoms with Crippen molar-refractivity contribution < 1.29 is 28.5 Å². The average molecular weight is 706 g/mol. The van der Waals surface area contributed by atoms with Gasteiger partial charge in [-0.1, -0.05) is 47.7 Å². The van der Waals surface area contributed by atoms with Crippen LogP contribution in [0.15, 0.2) is 106 Å². The fourth-order valence-corrected chi connectivity index (χ4v) is 7.00. The van der Waals surface area contributed by atoms with Gasteiger partial charge in [-0.2, -0.15) is 0 Å². The maximum absolute atomic E-state index is 14.3. The molecule has 1 aromatic heterocycles. The first-order valence-corrected chi connectivity index (χ1v) is 17.2. The number of anilines is 1. The number of nitrogens with zero attached hydrogens (tertiary/aromatic N) is 2. The highest BCUT2D eigenvalue weighted by molar-refractivity contribution is 7.07. The predicted molar refractivity (Wildman–Crippen MR) is 198 cm³/mol. The van der Waals surface area contributed by atoms with Crippen LogP contribution in [0, 0.1) is 6.92 Å². The molecule has 0 radical (unpaired) electrons. The van der Waals surface area contributed by atoms with Crippen molar-refractivity contribution in [2.24, 2.45) is 4.99 Å². The molecule has 0 unspecified atom stereocenters. The molecule has 2 heterocycles. The number of thiazole rings is 1. The van der Waals surface area contributed by atoms with Crippen LogP contribution in [0.4, 0.5) is 5.69 Å². The number of carbonyl (C=O) groups excluding carboxylic acids is 1. The van der Waals surface area contributed by atoms with Gasteiger partial charge in [-0.15, -0.1) is 0 Å². The van der Waals surface area contributed by atoms with Crippen molar-refractivity contribution in [2.75, 3.05) is 33.3 Å². The van der Waals surface area contributed by atoms with E-state index in [1.165, 1.54) is 11.3 Å². The van der Waals surface area contributed by atoms with Crippen LogP contribution in [0.25, 0.3) is 6.08 Å². The second-order valence-electron chi connectivity index (χ2n) is 11.7. The van der Waals surface area contributed by atoms with E-state index in [9.17, 15) is 9.59 Å². The number of fused-ring (bicyclic) bond motifs is 1. The van der Waals surface area contributed by atoms with E-state index in [1.54, 1.807) is 38.9 Å². The number of carbonyl (C=O) groups is 1. The van der Waals surface area contributed by atoms with E-state index < -0.39 is 6.04 Å². The summed E-state index contributed by atoms with van der Waals surface area (Å²) in [5.41, 5.74) is 4.48. The Hall–Kier alpha value is -5.81. The Morgan fingerprint density at radius 3 is 2.35 bits per heavy atom. The van der Waals surface area contributed by atoms with Gasteiger partial charge in [-0.05, 0) is 92.1 Å². The topological polar surface area (TPSA) is 110 Å². The Labute approximate surface area is 299 Å². The van der Waals surface area contributed by atoms with Crippen molar-refractivity contribution in [2.45, 2.75) is 33.4 Å². The first kappa shape index (κ1) is 35.0. The molecule has 4 aromatic carbocycles. The molecular formula is C40H39N3O7S. The zero-order valence-electron chi connectivity index (χ0n) is 29.3. The SMILES string of the molecule is CCOc1cc(/C=c2\sc3n(c2=O)[C@@H](c2ccc(C)c(OC)c2)C(C(=O)Nc2ccccc2)=C(C)N=3)ccc1OCc1cc(OC)ccc1OC. The molecular weight excluding hydrogens is 667 g/mol. The lowest BCUT2D eigenvalue weighted by molar-refractivity contribution is -0.113. The van der Waals surface area contributed by atoms with E-state index in [4.69, 9.17) is 28.7 Å². The summed E-state index contributed by atoms with van der Waals surface area (Å²) in [6.07, 6.45) is 1.80. The molecule has 1 amide bonds. The molecule has 262 valence electrons. The van der Waals surface area contributed by atoms with Crippen LogP contribution < -0.4 is 43.9 Å². The van der Waals surface area contributed by atoms with Gasteiger partial charge in [0.2, 0.25) is 0 Å². The lowest BCUT2D eigenvalue weighted by atomic mass is 9.94. The Balaban J connectivity index is 1.39. The van der Waals surface area contributed by atoms with Crippen molar-refractivity contribution >= 4 is 29.0 Å². The molecule has 5 aromatic rings. The van der Waals surface area contributed by atoms with E-state index in [-0.39, 0.29) is 18.1 Å². The minimum Gasteiger partial charge on any atom is -0.497 e. The van der Waals surface area contributed by atoms with Gasteiger partial charge in [0.15, 0.2) is 16.3 Å². The van der Waals surface area contributed by atoms with Crippen molar-refractivity contribution in [1.82, 2.24) is 4.57 Å². The zero-order valence-corrected chi connectivity index (χ0v) is 30.1. The number of aromatic nitrogens is 1. The molecule has 1 aliphatic rings. The van der Waals surface area contributed by atoms with Gasteiger partial charge < -0.3 is 29.0 Å². The Bertz CT molecular complexity index is 2290. The van der Waals surface area contributed by atoms with E-state index in [0.29, 0.717) is 61.6 Å². The molecule has 0 bridgehead atoms. The Morgan fingerprint density at radius 1 is 0.863 bits per heavy atom. The largest absolute Gasteiger partial charge is 0.497 e. The van der Waals surface area contributed by atoms with Crippen LogP contribution in [0.5, 0.6) is 28.7 Å². The van der Waals surface area contributed by atoms with Crippen LogP contribution in [0.3, 0.4) is 0 Å². The fraction of sp³-hybridized carbons (Fsp3) is 0.225. The average Bonchev–Trinajstić information content (AvgIpc) is 3.44. The maximum Gasteiger partial charge on any atom is 0.271 e. The highest BCUT2D eigenvalue weighted by Gasteiger charge is 2.33. The zero-order chi connectivity index (χ0) is 36.1. The molecule has 0 saturated carbocycles. The van der Waals surface area contributed by atoms with Gasteiger partial charge in [0, 0.05) is 11.3 Å². The summed E-state index contributed by atoms with van der Waals surface area (Å²) >= 11 is 1.26. The number of aryl methyl sites for hydroxylation is 1. The molecule has 11 heteroatoms. The number of amides is 1. The standard InChI is InChI=1S/C40H39N3O7S/c1-7-49-34-19-26(14-17-32(34)50-23-28-21-30(46-4)16-18-31(28)47-5)20-35-39(45)43-37(27-15-13-24(2)33(22-27)48-6)36(25(3)41-40(43)51-35)38(44)42-29-11-9-8-10-12-29/h8-22,37H,7,23H2,1-6H3,(H,42,44)/b35-20-/t37-/m0/s1. The normalized spacial score (nSPS) is 14.0. The number of methoxy groups -OCH3 is 3. The van der Waals surface area contributed by atoms with Gasteiger partial charge in [0.25, 0.3) is 11.5 Å². The summed E-state index contributed by atoms with van der Waals surface area (Å²) < 4.78 is 30.7. The molecule has 6 rings (SSSR count). The van der Waals surface area contributed by atoms with E-state index in [1.807, 2.05) is 98.8 Å². The summed E-state index contributed by atoms with van der Waals surface area (Å²) in [6.45, 7) is 6.27. The minimum atomic E-state index is -0.745. The third kappa shape index (κ3) is 7.39. The van der Waals surface area contributed by atoms with Crippen LogP contribution >= 0.6 is 11.3 Å². The van der Waals surface area contributed by atoms with Crippen LogP contribution in [-0.2, 0) is 11.4 Å². The molecule has 1 atom stereocenters. The van der Waals surface area contributed by atoms with Gasteiger partial charge in [0.1, 0.15) is 23.9 Å². The molecule has 0 fully saturated rings. The van der Waals surface area contributed by atoms with Crippen LogP contribution in [0.1, 0.15) is 42.1 Å². The number of benzene rings is 4. The third-order valence-corrected chi connectivity index (χ3v) is 9.46. The summed E-state index contributed by atoms with van der Waals surface area (Å²) in [5.74, 6) is 2.75. The highest BCUT2D eigenvalue weighted by atomic mass is 32.1. The number of rotatable bonds is 12. The lowest BCUT2D eigenvalue weighted by Gasteiger charge is -2.26. The number of nitrogens with one attached hydrogen (secondary N) is 1. The second kappa shape index (κ2) is 15.4. The molecule has 1 N–H and O–H groups in total. The third-order valence-electron chi connectivity index (χ3n) is 8.48. The van der Waals surface area contributed by atoms with Crippen molar-refractivity contribution in [3.8, 4) is 28.7 Å². The number of hydrogen-bond donors (Lipinski definition) is 1. The van der Waals surface area contributed by atoms with E-state index in [2.05, 4.69) is 5.32 Å². The lowest BCUT2D eigenvalue weighted by Crippen LogP contribution is -2.40. The van der Waals surface area contributed by atoms with Gasteiger partial charge in [-0.25, -0.2) is 4.99 Å². The predicted octanol–water partition coefficient (Wildman–Crippen LogP) is 6.19. The number of hydrogen-bond acceptors (Lipinski definition) is 9. The number of ether oxygens (including phenoxy) is 5. The quantitative estimate of drug-likeness (QED) is 0.165. The highest BCUT2D eigenvalue weighted by Crippen LogP contribution is 2.34. The second-order valence-corrected chi connectivity index (χ2v) is 12.7. The van der Waals surface area contributed by atoms with Gasteiger partial charge >= 0.3 is 0 Å². The van der Waals surface area contributed by atoms with Gasteiger partial charge in [-0.3, -0.25) is 14.2 Å². The van der Waals surface area contributed by atoms with Crippen molar-refractivity contribution in [1.29, 1.82) is 0 Å². The summed E-state index contributed by atoms with van der Waals surface area (Å²) in [4.78, 5) is 33.5. The summed E-state index contributed by atoms with van der Waals surface area (Å²) in [7, 11) is 4.82. The summed E-state index contributed by atoms with van der Waals surface area (Å²) in [5, 5.41) is 2.99. The van der Waals surface area contributed by atoms with Crippen molar-refractivity contribution in [3.05, 3.63) is 138 Å². The van der Waals surface area contributed by atoms with Crippen LogP contribution in [0.2, 0.25) is 0 Å². The van der Waals surface area contributed by atoms with Crippen molar-refractivity contribution in [3.63, 3.8) is 0 Å². The van der Waals surface area contributed by atoms with Gasteiger partial charge in [0.05, 0.1) is 49.8 Å².